The number of hydrogen-bond acceptors (Lipinski definition) is 5. The Labute approximate surface area is 192 Å². The van der Waals surface area contributed by atoms with Crippen LogP contribution in [-0.2, 0) is 9.53 Å². The molecule has 2 aromatic rings. The molecule has 1 aliphatic rings. The third kappa shape index (κ3) is 6.46. The van der Waals surface area contributed by atoms with E-state index in [1.807, 2.05) is 38.7 Å². The number of thioether (sulfide) groups is 1. The van der Waals surface area contributed by atoms with Crippen molar-refractivity contribution in [1.82, 2.24) is 5.32 Å². The van der Waals surface area contributed by atoms with Gasteiger partial charge in [0.25, 0.3) is 5.91 Å². The van der Waals surface area contributed by atoms with Gasteiger partial charge in [0, 0.05) is 29.7 Å². The Bertz CT molecular complexity index is 959. The molecule has 2 unspecified atom stereocenters. The predicted octanol–water partition coefficient (Wildman–Crippen LogP) is 4.31. The number of amides is 2. The molecule has 0 spiro atoms. The van der Waals surface area contributed by atoms with Crippen molar-refractivity contribution < 1.29 is 18.7 Å². The van der Waals surface area contributed by atoms with Gasteiger partial charge in [-0.05, 0) is 58.0 Å². The van der Waals surface area contributed by atoms with Crippen LogP contribution in [0.4, 0.5) is 15.8 Å². The first-order valence-electron chi connectivity index (χ1n) is 10.8. The molecular weight excluding hydrogens is 429 g/mol. The normalized spacial score (nSPS) is 18.5. The van der Waals surface area contributed by atoms with Gasteiger partial charge in [-0.3, -0.25) is 9.59 Å². The Morgan fingerprint density at radius 3 is 2.50 bits per heavy atom. The minimum absolute atomic E-state index is 0.0224. The molecule has 2 aromatic carbocycles. The number of halogens is 1. The maximum atomic E-state index is 14.9. The third-order valence-electron chi connectivity index (χ3n) is 4.91. The van der Waals surface area contributed by atoms with Gasteiger partial charge in [-0.25, -0.2) is 4.39 Å². The van der Waals surface area contributed by atoms with Gasteiger partial charge in [-0.15, -0.1) is 11.8 Å². The number of hydrogen-bond donors (Lipinski definition) is 2. The summed E-state index contributed by atoms with van der Waals surface area (Å²) < 4.78 is 20.6. The maximum absolute atomic E-state index is 14.9. The highest BCUT2D eigenvalue weighted by Crippen LogP contribution is 2.27. The Hall–Kier alpha value is -2.58. The van der Waals surface area contributed by atoms with Gasteiger partial charge in [-0.2, -0.15) is 0 Å². The Morgan fingerprint density at radius 2 is 1.84 bits per heavy atom. The number of ether oxygens (including phenoxy) is 1. The molecule has 0 bridgehead atoms. The fourth-order valence-corrected chi connectivity index (χ4v) is 4.56. The first-order valence-corrected chi connectivity index (χ1v) is 11.7. The van der Waals surface area contributed by atoms with Crippen LogP contribution in [0.25, 0.3) is 0 Å². The molecule has 2 N–H and O–H groups in total. The lowest BCUT2D eigenvalue weighted by Crippen LogP contribution is -2.45. The van der Waals surface area contributed by atoms with E-state index in [9.17, 15) is 14.0 Å². The number of morpholine rings is 1. The van der Waals surface area contributed by atoms with Gasteiger partial charge in [0.2, 0.25) is 5.91 Å². The minimum Gasteiger partial charge on any atom is -0.372 e. The molecule has 0 saturated carbocycles. The van der Waals surface area contributed by atoms with E-state index in [-0.39, 0.29) is 35.8 Å². The summed E-state index contributed by atoms with van der Waals surface area (Å²) >= 11 is 1.30. The van der Waals surface area contributed by atoms with Crippen LogP contribution >= 0.6 is 11.8 Å². The first-order chi connectivity index (χ1) is 15.2. The van der Waals surface area contributed by atoms with Crippen LogP contribution in [0.15, 0.2) is 47.4 Å². The molecule has 1 fully saturated rings. The fraction of sp³-hybridized carbons (Fsp3) is 0.417. The van der Waals surface area contributed by atoms with Crippen molar-refractivity contribution in [3.63, 3.8) is 0 Å². The van der Waals surface area contributed by atoms with Gasteiger partial charge in [-0.1, -0.05) is 12.1 Å². The molecule has 172 valence electrons. The van der Waals surface area contributed by atoms with Crippen molar-refractivity contribution in [2.24, 2.45) is 0 Å². The Kier molecular flexibility index (Phi) is 8.15. The number of benzene rings is 2. The largest absolute Gasteiger partial charge is 0.372 e. The quantitative estimate of drug-likeness (QED) is 0.604. The first kappa shape index (κ1) is 24.1. The van der Waals surface area contributed by atoms with E-state index in [0.29, 0.717) is 34.9 Å². The molecule has 3 rings (SSSR count). The highest BCUT2D eigenvalue weighted by molar-refractivity contribution is 8.00. The standard InChI is InChI=1S/C24H30FN3O3S/c1-15(2)26-23(29)14-32-22-8-6-5-7-19(22)24(30)27-18-9-10-21(20(25)11-18)28-12-16(3)31-17(4)13-28/h5-11,15-17H,12-14H2,1-4H3,(H,26,29)(H,27,30). The topological polar surface area (TPSA) is 70.7 Å². The molecule has 32 heavy (non-hydrogen) atoms. The molecule has 2 atom stereocenters. The van der Waals surface area contributed by atoms with Crippen LogP contribution in [0.5, 0.6) is 0 Å². The monoisotopic (exact) mass is 459 g/mol. The molecule has 8 heteroatoms. The summed E-state index contributed by atoms with van der Waals surface area (Å²) in [4.78, 5) is 27.5. The fourth-order valence-electron chi connectivity index (χ4n) is 3.70. The van der Waals surface area contributed by atoms with E-state index in [2.05, 4.69) is 10.6 Å². The van der Waals surface area contributed by atoms with Crippen molar-refractivity contribution >= 4 is 35.0 Å². The van der Waals surface area contributed by atoms with Gasteiger partial charge in [0.05, 0.1) is 29.2 Å². The van der Waals surface area contributed by atoms with E-state index < -0.39 is 5.82 Å². The number of rotatable bonds is 7. The number of carbonyl (C=O) groups excluding carboxylic acids is 2. The van der Waals surface area contributed by atoms with Crippen molar-refractivity contribution in [3.8, 4) is 0 Å². The van der Waals surface area contributed by atoms with E-state index in [1.54, 1.807) is 30.3 Å². The molecule has 0 aliphatic carbocycles. The molecule has 0 aromatic heterocycles. The summed E-state index contributed by atoms with van der Waals surface area (Å²) in [5.41, 5.74) is 1.32. The Morgan fingerprint density at radius 1 is 1.16 bits per heavy atom. The van der Waals surface area contributed by atoms with Crippen molar-refractivity contribution in [1.29, 1.82) is 0 Å². The molecule has 6 nitrogen and oxygen atoms in total. The highest BCUT2D eigenvalue weighted by atomic mass is 32.2. The number of anilines is 2. The lowest BCUT2D eigenvalue weighted by atomic mass is 10.1. The lowest BCUT2D eigenvalue weighted by Gasteiger charge is -2.37. The third-order valence-corrected chi connectivity index (χ3v) is 5.98. The number of nitrogens with one attached hydrogen (secondary N) is 2. The van der Waals surface area contributed by atoms with E-state index in [4.69, 9.17) is 4.74 Å². The number of nitrogens with zero attached hydrogens (tertiary/aromatic N) is 1. The van der Waals surface area contributed by atoms with Crippen LogP contribution in [0, 0.1) is 5.82 Å². The molecule has 2 amide bonds. The molecule has 1 saturated heterocycles. The SMILES string of the molecule is CC(C)NC(=O)CSc1ccccc1C(=O)Nc1ccc(N2CC(C)OC(C)C2)c(F)c1. The smallest absolute Gasteiger partial charge is 0.256 e. The van der Waals surface area contributed by atoms with Crippen molar-refractivity contribution in [3.05, 3.63) is 53.8 Å². The van der Waals surface area contributed by atoms with Crippen LogP contribution in [0.2, 0.25) is 0 Å². The minimum atomic E-state index is -0.392. The molecular formula is C24H30FN3O3S. The van der Waals surface area contributed by atoms with Crippen molar-refractivity contribution in [2.45, 2.75) is 50.8 Å². The van der Waals surface area contributed by atoms with E-state index in [0.717, 1.165) is 0 Å². The molecule has 1 aliphatic heterocycles. The number of carbonyl (C=O) groups is 2. The van der Waals surface area contributed by atoms with Gasteiger partial charge in [0.15, 0.2) is 0 Å². The summed E-state index contributed by atoms with van der Waals surface area (Å²) in [5, 5.41) is 5.60. The predicted molar refractivity (Wildman–Crippen MR) is 127 cm³/mol. The average molecular weight is 460 g/mol. The zero-order chi connectivity index (χ0) is 23.3. The van der Waals surface area contributed by atoms with Gasteiger partial charge >= 0.3 is 0 Å². The second-order valence-corrected chi connectivity index (χ2v) is 9.31. The van der Waals surface area contributed by atoms with Crippen LogP contribution in [0.3, 0.4) is 0 Å². The Balaban J connectivity index is 1.68. The van der Waals surface area contributed by atoms with Gasteiger partial charge in [0.1, 0.15) is 5.82 Å². The summed E-state index contributed by atoms with van der Waals surface area (Å²) in [7, 11) is 0. The summed E-state index contributed by atoms with van der Waals surface area (Å²) in [6, 6.07) is 11.9. The summed E-state index contributed by atoms with van der Waals surface area (Å²) in [6.07, 6.45) is 0.0447. The van der Waals surface area contributed by atoms with Crippen LogP contribution in [0.1, 0.15) is 38.1 Å². The molecule has 1 heterocycles. The maximum Gasteiger partial charge on any atom is 0.256 e. The average Bonchev–Trinajstić information content (AvgIpc) is 2.71. The molecule has 0 radical (unpaired) electrons. The van der Waals surface area contributed by atoms with E-state index >= 15 is 0 Å². The lowest BCUT2D eigenvalue weighted by molar-refractivity contribution is -0.119. The van der Waals surface area contributed by atoms with E-state index in [1.165, 1.54) is 17.8 Å². The summed E-state index contributed by atoms with van der Waals surface area (Å²) in [6.45, 7) is 8.96. The summed E-state index contributed by atoms with van der Waals surface area (Å²) in [5.74, 6) is -0.623. The second-order valence-electron chi connectivity index (χ2n) is 8.29. The van der Waals surface area contributed by atoms with Crippen molar-refractivity contribution in [2.75, 3.05) is 29.1 Å². The van der Waals surface area contributed by atoms with Crippen LogP contribution < -0.4 is 15.5 Å². The zero-order valence-electron chi connectivity index (χ0n) is 18.9. The highest BCUT2D eigenvalue weighted by Gasteiger charge is 2.24. The second kappa shape index (κ2) is 10.8. The van der Waals surface area contributed by atoms with Gasteiger partial charge < -0.3 is 20.3 Å². The zero-order valence-corrected chi connectivity index (χ0v) is 19.7. The van der Waals surface area contributed by atoms with Crippen LogP contribution in [-0.4, -0.2) is 48.9 Å².